The van der Waals surface area contributed by atoms with E-state index in [0.717, 1.165) is 18.9 Å². The first-order chi connectivity index (χ1) is 10.1. The van der Waals surface area contributed by atoms with E-state index in [0.29, 0.717) is 17.3 Å². The highest BCUT2D eigenvalue weighted by atomic mass is 35.5. The molecule has 2 rings (SSSR count). The molecule has 0 saturated carbocycles. The lowest BCUT2D eigenvalue weighted by molar-refractivity contribution is 0.182. The molecule has 0 bridgehead atoms. The van der Waals surface area contributed by atoms with Crippen LogP contribution in [0.25, 0.3) is 0 Å². The van der Waals surface area contributed by atoms with Gasteiger partial charge in [-0.15, -0.1) is 0 Å². The molecule has 2 amide bonds. The Kier molecular flexibility index (Phi) is 6.33. The number of hydrogen-bond acceptors (Lipinski definition) is 2. The van der Waals surface area contributed by atoms with Gasteiger partial charge in [0.1, 0.15) is 0 Å². The molecule has 1 aliphatic heterocycles. The first-order valence-corrected chi connectivity index (χ1v) is 8.04. The Morgan fingerprint density at radius 3 is 3.10 bits per heavy atom. The lowest BCUT2D eigenvalue weighted by Crippen LogP contribution is -2.37. The van der Waals surface area contributed by atoms with Crippen LogP contribution in [0.2, 0.25) is 5.02 Å². The van der Waals surface area contributed by atoms with Crippen LogP contribution >= 0.6 is 11.6 Å². The van der Waals surface area contributed by atoms with Gasteiger partial charge in [0.05, 0.1) is 0 Å². The summed E-state index contributed by atoms with van der Waals surface area (Å²) in [6.07, 6.45) is 3.62. The molecular weight excluding hydrogens is 286 g/mol. The fraction of sp³-hybridized carbons (Fsp3) is 0.562. The molecule has 1 saturated heterocycles. The van der Waals surface area contributed by atoms with Gasteiger partial charge in [-0.05, 0) is 56.5 Å². The number of likely N-dealkylation sites (tertiary alicyclic amines) is 1. The minimum absolute atomic E-state index is 0.177. The summed E-state index contributed by atoms with van der Waals surface area (Å²) < 4.78 is 0. The number of amides is 2. The standard InChI is InChI=1S/C16H24ClN3O/c1-13-5-3-9-20(12-13)10-4-8-18-16(21)19-15-7-2-6-14(17)11-15/h2,6-7,11,13H,3-5,8-10,12H2,1H3,(H2,18,19,21)/t13-/m0/s1. The number of piperidine rings is 1. The first-order valence-electron chi connectivity index (χ1n) is 7.66. The number of carbonyl (C=O) groups is 1. The summed E-state index contributed by atoms with van der Waals surface area (Å²) in [5, 5.41) is 6.28. The smallest absolute Gasteiger partial charge is 0.319 e. The van der Waals surface area contributed by atoms with Crippen molar-refractivity contribution < 1.29 is 4.79 Å². The molecule has 0 unspecified atom stereocenters. The van der Waals surface area contributed by atoms with Crippen molar-refractivity contribution in [3.63, 3.8) is 0 Å². The first kappa shape index (κ1) is 16.1. The number of urea groups is 1. The van der Waals surface area contributed by atoms with E-state index in [1.807, 2.05) is 12.1 Å². The Morgan fingerprint density at radius 2 is 2.33 bits per heavy atom. The van der Waals surface area contributed by atoms with Crippen molar-refractivity contribution in [2.75, 3.05) is 31.5 Å². The lowest BCUT2D eigenvalue weighted by Gasteiger charge is -2.30. The maximum absolute atomic E-state index is 11.7. The van der Waals surface area contributed by atoms with Crippen molar-refractivity contribution >= 4 is 23.3 Å². The van der Waals surface area contributed by atoms with E-state index in [1.165, 1.54) is 25.9 Å². The van der Waals surface area contributed by atoms with Crippen LogP contribution in [0, 0.1) is 5.92 Å². The van der Waals surface area contributed by atoms with E-state index < -0.39 is 0 Å². The summed E-state index contributed by atoms with van der Waals surface area (Å²) in [5.41, 5.74) is 0.713. The predicted molar refractivity (Wildman–Crippen MR) is 87.9 cm³/mol. The molecule has 21 heavy (non-hydrogen) atoms. The normalized spacial score (nSPS) is 19.2. The maximum Gasteiger partial charge on any atom is 0.319 e. The van der Waals surface area contributed by atoms with Crippen LogP contribution in [0.1, 0.15) is 26.2 Å². The molecule has 1 aliphatic rings. The zero-order valence-electron chi connectivity index (χ0n) is 12.6. The van der Waals surface area contributed by atoms with Gasteiger partial charge in [-0.25, -0.2) is 4.79 Å². The van der Waals surface area contributed by atoms with Crippen molar-refractivity contribution in [1.82, 2.24) is 10.2 Å². The number of nitrogens with one attached hydrogen (secondary N) is 2. The highest BCUT2D eigenvalue weighted by molar-refractivity contribution is 6.30. The second kappa shape index (κ2) is 8.25. The Labute approximate surface area is 131 Å². The number of benzene rings is 1. The van der Waals surface area contributed by atoms with Crippen LogP contribution < -0.4 is 10.6 Å². The summed E-state index contributed by atoms with van der Waals surface area (Å²) in [6.45, 7) is 6.44. The molecule has 0 aromatic heterocycles. The Balaban J connectivity index is 1.61. The second-order valence-corrected chi connectivity index (χ2v) is 6.23. The van der Waals surface area contributed by atoms with E-state index >= 15 is 0 Å². The van der Waals surface area contributed by atoms with Gasteiger partial charge >= 0.3 is 6.03 Å². The summed E-state index contributed by atoms with van der Waals surface area (Å²) >= 11 is 5.88. The number of rotatable bonds is 5. The van der Waals surface area contributed by atoms with Crippen LogP contribution in [-0.4, -0.2) is 37.1 Å². The van der Waals surface area contributed by atoms with Crippen molar-refractivity contribution in [2.24, 2.45) is 5.92 Å². The van der Waals surface area contributed by atoms with E-state index in [-0.39, 0.29) is 6.03 Å². The lowest BCUT2D eigenvalue weighted by atomic mass is 10.0. The number of nitrogens with zero attached hydrogens (tertiary/aromatic N) is 1. The molecule has 4 nitrogen and oxygen atoms in total. The van der Waals surface area contributed by atoms with Gasteiger partial charge in [-0.3, -0.25) is 0 Å². The van der Waals surface area contributed by atoms with E-state index in [1.54, 1.807) is 12.1 Å². The van der Waals surface area contributed by atoms with Gasteiger partial charge in [-0.2, -0.15) is 0 Å². The zero-order valence-corrected chi connectivity index (χ0v) is 13.3. The largest absolute Gasteiger partial charge is 0.338 e. The molecule has 1 heterocycles. The second-order valence-electron chi connectivity index (χ2n) is 5.79. The van der Waals surface area contributed by atoms with Gasteiger partial charge in [-0.1, -0.05) is 24.6 Å². The molecule has 1 fully saturated rings. The Hall–Kier alpha value is -1.26. The predicted octanol–water partition coefficient (Wildman–Crippen LogP) is 3.58. The van der Waals surface area contributed by atoms with Crippen molar-refractivity contribution in [1.29, 1.82) is 0 Å². The molecule has 5 heteroatoms. The third-order valence-electron chi connectivity index (χ3n) is 3.76. The number of hydrogen-bond donors (Lipinski definition) is 2. The van der Waals surface area contributed by atoms with Crippen molar-refractivity contribution in [3.8, 4) is 0 Å². The molecule has 0 aliphatic carbocycles. The number of anilines is 1. The number of halogens is 1. The monoisotopic (exact) mass is 309 g/mol. The quantitative estimate of drug-likeness (QED) is 0.817. The fourth-order valence-electron chi connectivity index (χ4n) is 2.74. The molecule has 1 aromatic rings. The van der Waals surface area contributed by atoms with Crippen LogP contribution in [0.5, 0.6) is 0 Å². The van der Waals surface area contributed by atoms with Gasteiger partial charge < -0.3 is 15.5 Å². The van der Waals surface area contributed by atoms with Gasteiger partial charge in [0.2, 0.25) is 0 Å². The van der Waals surface area contributed by atoms with Crippen molar-refractivity contribution in [2.45, 2.75) is 26.2 Å². The minimum atomic E-state index is -0.177. The minimum Gasteiger partial charge on any atom is -0.338 e. The Morgan fingerprint density at radius 1 is 1.48 bits per heavy atom. The molecule has 0 radical (unpaired) electrons. The average Bonchev–Trinajstić information content (AvgIpc) is 2.44. The molecule has 1 aromatic carbocycles. The molecular formula is C16H24ClN3O. The highest BCUT2D eigenvalue weighted by Gasteiger charge is 2.15. The van der Waals surface area contributed by atoms with E-state index in [9.17, 15) is 4.79 Å². The average molecular weight is 310 g/mol. The molecule has 116 valence electrons. The summed E-state index contributed by atoms with van der Waals surface area (Å²) in [6, 6.07) is 6.97. The SMILES string of the molecule is C[C@H]1CCCN(CCCNC(=O)Nc2cccc(Cl)c2)C1. The summed E-state index contributed by atoms with van der Waals surface area (Å²) in [7, 11) is 0. The number of carbonyl (C=O) groups excluding carboxylic acids is 1. The van der Waals surface area contributed by atoms with Crippen LogP contribution in [0.15, 0.2) is 24.3 Å². The Bertz CT molecular complexity index is 467. The van der Waals surface area contributed by atoms with Gasteiger partial charge in [0.25, 0.3) is 0 Å². The van der Waals surface area contributed by atoms with Gasteiger partial charge in [0.15, 0.2) is 0 Å². The highest BCUT2D eigenvalue weighted by Crippen LogP contribution is 2.15. The molecule has 1 atom stereocenters. The third-order valence-corrected chi connectivity index (χ3v) is 4.00. The van der Waals surface area contributed by atoms with E-state index in [2.05, 4.69) is 22.5 Å². The van der Waals surface area contributed by atoms with Crippen molar-refractivity contribution in [3.05, 3.63) is 29.3 Å². The van der Waals surface area contributed by atoms with Crippen LogP contribution in [0.3, 0.4) is 0 Å². The summed E-state index contributed by atoms with van der Waals surface area (Å²) in [5.74, 6) is 0.804. The van der Waals surface area contributed by atoms with Gasteiger partial charge in [0, 0.05) is 23.8 Å². The maximum atomic E-state index is 11.7. The van der Waals surface area contributed by atoms with Crippen LogP contribution in [-0.2, 0) is 0 Å². The topological polar surface area (TPSA) is 44.4 Å². The molecule has 2 N–H and O–H groups in total. The fourth-order valence-corrected chi connectivity index (χ4v) is 2.93. The molecule has 0 spiro atoms. The third kappa shape index (κ3) is 5.94. The zero-order chi connectivity index (χ0) is 15.1. The van der Waals surface area contributed by atoms with E-state index in [4.69, 9.17) is 11.6 Å². The van der Waals surface area contributed by atoms with Crippen LogP contribution in [0.4, 0.5) is 10.5 Å². The summed E-state index contributed by atoms with van der Waals surface area (Å²) in [4.78, 5) is 14.2.